The number of carbonyl (C=O) groups is 1. The van der Waals surface area contributed by atoms with Gasteiger partial charge in [0.15, 0.2) is 0 Å². The van der Waals surface area contributed by atoms with Crippen molar-refractivity contribution in [3.63, 3.8) is 0 Å². The third-order valence-corrected chi connectivity index (χ3v) is 4.08. The maximum Gasteiger partial charge on any atom is 0.256 e. The van der Waals surface area contributed by atoms with Crippen LogP contribution in [0, 0.1) is 6.92 Å². The molecule has 3 N–H and O–H groups in total. The predicted octanol–water partition coefficient (Wildman–Crippen LogP) is 2.18. The molecule has 3 rings (SSSR count). The number of methoxy groups -OCH3 is 1. The van der Waals surface area contributed by atoms with Crippen LogP contribution in [0.5, 0.6) is 5.75 Å². The standard InChI is InChI=1S/C17H20N4O2/c1-10-12(4-3-5-14(10)23-2)8-20-17(22)13-9-19-16(11-6-7-11)21-15(13)18/h3-5,9,11H,6-8H2,1-2H3,(H,20,22)(H2,18,19,21). The van der Waals surface area contributed by atoms with Crippen molar-refractivity contribution in [3.8, 4) is 5.75 Å². The van der Waals surface area contributed by atoms with Gasteiger partial charge in [0, 0.05) is 18.7 Å². The molecule has 0 spiro atoms. The Morgan fingerprint density at radius 2 is 2.22 bits per heavy atom. The molecule has 120 valence electrons. The molecule has 0 radical (unpaired) electrons. The van der Waals surface area contributed by atoms with Gasteiger partial charge in [0.25, 0.3) is 5.91 Å². The summed E-state index contributed by atoms with van der Waals surface area (Å²) in [6, 6.07) is 5.74. The van der Waals surface area contributed by atoms with Gasteiger partial charge in [-0.25, -0.2) is 9.97 Å². The first-order valence-electron chi connectivity index (χ1n) is 7.63. The van der Waals surface area contributed by atoms with E-state index in [2.05, 4.69) is 15.3 Å². The summed E-state index contributed by atoms with van der Waals surface area (Å²) in [6.45, 7) is 2.36. The lowest BCUT2D eigenvalue weighted by molar-refractivity contribution is 0.0951. The van der Waals surface area contributed by atoms with Crippen LogP contribution >= 0.6 is 0 Å². The molecule has 1 fully saturated rings. The summed E-state index contributed by atoms with van der Waals surface area (Å²) < 4.78 is 5.28. The van der Waals surface area contributed by atoms with Gasteiger partial charge < -0.3 is 15.8 Å². The second-order valence-electron chi connectivity index (χ2n) is 5.73. The molecule has 6 nitrogen and oxygen atoms in total. The van der Waals surface area contributed by atoms with Gasteiger partial charge in [-0.05, 0) is 37.0 Å². The lowest BCUT2D eigenvalue weighted by Gasteiger charge is -2.12. The number of rotatable bonds is 5. The second kappa shape index (κ2) is 6.24. The Morgan fingerprint density at radius 3 is 2.87 bits per heavy atom. The Morgan fingerprint density at radius 1 is 1.43 bits per heavy atom. The van der Waals surface area contributed by atoms with Gasteiger partial charge in [-0.2, -0.15) is 0 Å². The molecule has 1 saturated carbocycles. The molecule has 2 aromatic rings. The van der Waals surface area contributed by atoms with E-state index in [1.807, 2.05) is 25.1 Å². The highest BCUT2D eigenvalue weighted by molar-refractivity contribution is 5.97. The number of amides is 1. The normalized spacial score (nSPS) is 13.7. The molecule has 1 amide bonds. The first kappa shape index (κ1) is 15.3. The number of carbonyl (C=O) groups excluding carboxylic acids is 1. The van der Waals surface area contributed by atoms with Crippen molar-refractivity contribution in [1.82, 2.24) is 15.3 Å². The molecular weight excluding hydrogens is 292 g/mol. The average molecular weight is 312 g/mol. The Balaban J connectivity index is 1.70. The van der Waals surface area contributed by atoms with Crippen LogP contribution in [-0.2, 0) is 6.54 Å². The highest BCUT2D eigenvalue weighted by Gasteiger charge is 2.27. The minimum absolute atomic E-state index is 0.238. The van der Waals surface area contributed by atoms with Gasteiger partial charge >= 0.3 is 0 Å². The number of anilines is 1. The molecule has 1 aromatic carbocycles. The molecule has 0 saturated heterocycles. The van der Waals surface area contributed by atoms with Crippen LogP contribution in [0.1, 0.15) is 46.1 Å². The number of nitrogens with two attached hydrogens (primary N) is 1. The quantitative estimate of drug-likeness (QED) is 0.883. The first-order valence-corrected chi connectivity index (χ1v) is 7.63. The Bertz CT molecular complexity index is 741. The van der Waals surface area contributed by atoms with E-state index in [0.717, 1.165) is 35.5 Å². The third-order valence-electron chi connectivity index (χ3n) is 4.08. The highest BCUT2D eigenvalue weighted by atomic mass is 16.5. The largest absolute Gasteiger partial charge is 0.496 e. The fourth-order valence-corrected chi connectivity index (χ4v) is 2.47. The summed E-state index contributed by atoms with van der Waals surface area (Å²) >= 11 is 0. The molecule has 1 aliphatic rings. The van der Waals surface area contributed by atoms with Crippen molar-refractivity contribution in [2.75, 3.05) is 12.8 Å². The van der Waals surface area contributed by atoms with E-state index in [4.69, 9.17) is 10.5 Å². The summed E-state index contributed by atoms with van der Waals surface area (Å²) in [7, 11) is 1.63. The van der Waals surface area contributed by atoms with Crippen molar-refractivity contribution in [2.45, 2.75) is 32.2 Å². The zero-order chi connectivity index (χ0) is 16.4. The fraction of sp³-hybridized carbons (Fsp3) is 0.353. The predicted molar refractivity (Wildman–Crippen MR) is 87.3 cm³/mol. The zero-order valence-corrected chi connectivity index (χ0v) is 13.3. The van der Waals surface area contributed by atoms with E-state index in [1.165, 1.54) is 6.20 Å². The fourth-order valence-electron chi connectivity index (χ4n) is 2.47. The minimum Gasteiger partial charge on any atom is -0.496 e. The Hall–Kier alpha value is -2.63. The molecule has 6 heteroatoms. The van der Waals surface area contributed by atoms with Crippen molar-refractivity contribution >= 4 is 11.7 Å². The van der Waals surface area contributed by atoms with Crippen LogP contribution in [0.4, 0.5) is 5.82 Å². The molecule has 0 unspecified atom stereocenters. The maximum absolute atomic E-state index is 12.3. The lowest BCUT2D eigenvalue weighted by atomic mass is 10.1. The van der Waals surface area contributed by atoms with Crippen LogP contribution in [0.3, 0.4) is 0 Å². The van der Waals surface area contributed by atoms with Gasteiger partial charge in [0.2, 0.25) is 0 Å². The van der Waals surface area contributed by atoms with Crippen LogP contribution in [0.2, 0.25) is 0 Å². The summed E-state index contributed by atoms with van der Waals surface area (Å²) in [5.74, 6) is 1.92. The van der Waals surface area contributed by atoms with E-state index in [0.29, 0.717) is 18.0 Å². The number of ether oxygens (including phenoxy) is 1. The zero-order valence-electron chi connectivity index (χ0n) is 13.3. The number of nitrogens with zero attached hydrogens (tertiary/aromatic N) is 2. The van der Waals surface area contributed by atoms with E-state index in [-0.39, 0.29) is 11.7 Å². The van der Waals surface area contributed by atoms with Gasteiger partial charge in [-0.1, -0.05) is 12.1 Å². The molecule has 1 heterocycles. The lowest BCUT2D eigenvalue weighted by Crippen LogP contribution is -2.25. The summed E-state index contributed by atoms with van der Waals surface area (Å²) in [4.78, 5) is 20.8. The molecule has 0 bridgehead atoms. The number of aromatic nitrogens is 2. The monoisotopic (exact) mass is 312 g/mol. The summed E-state index contributed by atoms with van der Waals surface area (Å²) in [6.07, 6.45) is 3.71. The third kappa shape index (κ3) is 3.26. The van der Waals surface area contributed by atoms with Gasteiger partial charge in [0.05, 0.1) is 12.7 Å². The number of hydrogen-bond acceptors (Lipinski definition) is 5. The van der Waals surface area contributed by atoms with Gasteiger partial charge in [-0.15, -0.1) is 0 Å². The van der Waals surface area contributed by atoms with E-state index in [1.54, 1.807) is 7.11 Å². The van der Waals surface area contributed by atoms with Crippen LogP contribution in [0.25, 0.3) is 0 Å². The molecule has 0 atom stereocenters. The van der Waals surface area contributed by atoms with Crippen LogP contribution in [0.15, 0.2) is 24.4 Å². The van der Waals surface area contributed by atoms with Crippen molar-refractivity contribution in [3.05, 3.63) is 46.9 Å². The number of hydrogen-bond donors (Lipinski definition) is 2. The highest BCUT2D eigenvalue weighted by Crippen LogP contribution is 2.38. The van der Waals surface area contributed by atoms with Crippen LogP contribution in [-0.4, -0.2) is 23.0 Å². The Labute approximate surface area is 135 Å². The number of nitrogens with one attached hydrogen (secondary N) is 1. The maximum atomic E-state index is 12.3. The molecule has 1 aliphatic carbocycles. The molecular formula is C17H20N4O2. The SMILES string of the molecule is COc1cccc(CNC(=O)c2cnc(C3CC3)nc2N)c1C. The molecule has 23 heavy (non-hydrogen) atoms. The van der Waals surface area contributed by atoms with E-state index < -0.39 is 0 Å². The number of nitrogen functional groups attached to an aromatic ring is 1. The minimum atomic E-state index is -0.271. The summed E-state index contributed by atoms with van der Waals surface area (Å²) in [5, 5.41) is 2.86. The Kier molecular flexibility index (Phi) is 4.14. The van der Waals surface area contributed by atoms with Crippen molar-refractivity contribution in [2.24, 2.45) is 0 Å². The molecule has 1 aromatic heterocycles. The van der Waals surface area contributed by atoms with E-state index >= 15 is 0 Å². The smallest absolute Gasteiger partial charge is 0.256 e. The van der Waals surface area contributed by atoms with Crippen molar-refractivity contribution in [1.29, 1.82) is 0 Å². The second-order valence-corrected chi connectivity index (χ2v) is 5.73. The average Bonchev–Trinajstić information content (AvgIpc) is 3.38. The summed E-state index contributed by atoms with van der Waals surface area (Å²) in [5.41, 5.74) is 8.21. The number of benzene rings is 1. The van der Waals surface area contributed by atoms with Crippen LogP contribution < -0.4 is 15.8 Å². The topological polar surface area (TPSA) is 90.1 Å². The van der Waals surface area contributed by atoms with E-state index in [9.17, 15) is 4.79 Å². The first-order chi connectivity index (χ1) is 11.1. The van der Waals surface area contributed by atoms with Gasteiger partial charge in [0.1, 0.15) is 17.4 Å². The molecule has 0 aliphatic heterocycles. The van der Waals surface area contributed by atoms with Crippen molar-refractivity contribution < 1.29 is 9.53 Å². The van der Waals surface area contributed by atoms with Gasteiger partial charge in [-0.3, -0.25) is 4.79 Å².